The predicted octanol–water partition coefficient (Wildman–Crippen LogP) is 2.03. The standard InChI is InChI=1S/C13H25NO3/c1-9(2)14-13(4,12(15)16)7-10(3)17-8-11-5-6-11/h9-11,14H,5-8H2,1-4H3,(H,15,16). The minimum atomic E-state index is -0.906. The highest BCUT2D eigenvalue weighted by atomic mass is 16.5. The Morgan fingerprint density at radius 2 is 2.06 bits per heavy atom. The molecule has 0 aliphatic heterocycles. The van der Waals surface area contributed by atoms with Gasteiger partial charge in [-0.1, -0.05) is 0 Å². The van der Waals surface area contributed by atoms with Crippen molar-refractivity contribution < 1.29 is 14.6 Å². The number of nitrogens with one attached hydrogen (secondary N) is 1. The number of ether oxygens (including phenoxy) is 1. The highest BCUT2D eigenvalue weighted by Crippen LogP contribution is 2.29. The van der Waals surface area contributed by atoms with Crippen molar-refractivity contribution in [3.05, 3.63) is 0 Å². The van der Waals surface area contributed by atoms with Gasteiger partial charge in [-0.3, -0.25) is 10.1 Å². The third kappa shape index (κ3) is 5.04. The van der Waals surface area contributed by atoms with E-state index in [0.29, 0.717) is 12.3 Å². The normalized spacial score (nSPS) is 21.2. The number of rotatable bonds is 8. The van der Waals surface area contributed by atoms with Gasteiger partial charge in [0.25, 0.3) is 0 Å². The Morgan fingerprint density at radius 1 is 1.47 bits per heavy atom. The summed E-state index contributed by atoms with van der Waals surface area (Å²) in [6.07, 6.45) is 2.98. The largest absolute Gasteiger partial charge is 0.480 e. The van der Waals surface area contributed by atoms with Crippen molar-refractivity contribution in [2.45, 2.75) is 64.6 Å². The maximum Gasteiger partial charge on any atom is 0.323 e. The van der Waals surface area contributed by atoms with Crippen molar-refractivity contribution in [2.24, 2.45) is 5.92 Å². The number of carboxylic acids is 1. The molecule has 1 aliphatic carbocycles. The third-order valence-corrected chi connectivity index (χ3v) is 3.09. The van der Waals surface area contributed by atoms with Gasteiger partial charge in [-0.2, -0.15) is 0 Å². The number of hydrogen-bond acceptors (Lipinski definition) is 3. The average molecular weight is 243 g/mol. The van der Waals surface area contributed by atoms with Crippen LogP contribution in [0.3, 0.4) is 0 Å². The highest BCUT2D eigenvalue weighted by Gasteiger charge is 2.35. The molecular weight excluding hydrogens is 218 g/mol. The quantitative estimate of drug-likeness (QED) is 0.685. The summed E-state index contributed by atoms with van der Waals surface area (Å²) in [5.74, 6) is -0.0975. The van der Waals surface area contributed by atoms with Gasteiger partial charge in [-0.05, 0) is 46.5 Å². The molecule has 0 aromatic carbocycles. The Bertz CT molecular complexity index is 263. The molecule has 0 bridgehead atoms. The first-order valence-electron chi connectivity index (χ1n) is 6.46. The summed E-state index contributed by atoms with van der Waals surface area (Å²) < 4.78 is 5.69. The lowest BCUT2D eigenvalue weighted by atomic mass is 9.94. The van der Waals surface area contributed by atoms with Crippen molar-refractivity contribution >= 4 is 5.97 Å². The summed E-state index contributed by atoms with van der Waals surface area (Å²) in [7, 11) is 0. The molecule has 0 aromatic heterocycles. The van der Waals surface area contributed by atoms with E-state index >= 15 is 0 Å². The van der Waals surface area contributed by atoms with Crippen LogP contribution in [0.25, 0.3) is 0 Å². The molecule has 1 rings (SSSR count). The molecule has 4 nitrogen and oxygen atoms in total. The lowest BCUT2D eigenvalue weighted by Crippen LogP contribution is -2.54. The fourth-order valence-electron chi connectivity index (χ4n) is 2.06. The van der Waals surface area contributed by atoms with Crippen LogP contribution in [0, 0.1) is 5.92 Å². The minimum absolute atomic E-state index is 0.0250. The highest BCUT2D eigenvalue weighted by molar-refractivity contribution is 5.78. The molecule has 2 unspecified atom stereocenters. The van der Waals surface area contributed by atoms with Crippen LogP contribution < -0.4 is 5.32 Å². The van der Waals surface area contributed by atoms with Crippen LogP contribution in [0.5, 0.6) is 0 Å². The number of hydrogen-bond donors (Lipinski definition) is 2. The summed E-state index contributed by atoms with van der Waals surface area (Å²) in [5, 5.41) is 12.4. The number of aliphatic carboxylic acids is 1. The van der Waals surface area contributed by atoms with Gasteiger partial charge in [0.05, 0.1) is 6.10 Å². The Labute approximate surface area is 104 Å². The van der Waals surface area contributed by atoms with E-state index in [1.165, 1.54) is 12.8 Å². The van der Waals surface area contributed by atoms with E-state index in [0.717, 1.165) is 6.61 Å². The smallest absolute Gasteiger partial charge is 0.323 e. The monoisotopic (exact) mass is 243 g/mol. The van der Waals surface area contributed by atoms with Gasteiger partial charge in [-0.25, -0.2) is 0 Å². The summed E-state index contributed by atoms with van der Waals surface area (Å²) in [6, 6.07) is 0.145. The summed E-state index contributed by atoms with van der Waals surface area (Å²) in [4.78, 5) is 11.3. The molecule has 17 heavy (non-hydrogen) atoms. The molecule has 1 fully saturated rings. The maximum atomic E-state index is 11.3. The van der Waals surface area contributed by atoms with E-state index < -0.39 is 11.5 Å². The zero-order chi connectivity index (χ0) is 13.1. The Morgan fingerprint density at radius 3 is 2.47 bits per heavy atom. The van der Waals surface area contributed by atoms with Gasteiger partial charge >= 0.3 is 5.97 Å². The lowest BCUT2D eigenvalue weighted by Gasteiger charge is -2.31. The summed E-state index contributed by atoms with van der Waals surface area (Å²) in [5.41, 5.74) is -0.906. The van der Waals surface area contributed by atoms with Gasteiger partial charge in [0.2, 0.25) is 0 Å². The molecule has 1 aliphatic rings. The van der Waals surface area contributed by atoms with E-state index in [9.17, 15) is 9.90 Å². The van der Waals surface area contributed by atoms with Gasteiger partial charge in [0.1, 0.15) is 5.54 Å². The summed E-state index contributed by atoms with van der Waals surface area (Å²) in [6.45, 7) is 8.37. The molecular formula is C13H25NO3. The van der Waals surface area contributed by atoms with E-state index in [2.05, 4.69) is 5.32 Å². The van der Waals surface area contributed by atoms with Crippen LogP contribution in [0.1, 0.15) is 47.0 Å². The van der Waals surface area contributed by atoms with Crippen LogP contribution in [0.15, 0.2) is 0 Å². The molecule has 4 heteroatoms. The van der Waals surface area contributed by atoms with E-state index in [4.69, 9.17) is 4.74 Å². The van der Waals surface area contributed by atoms with Gasteiger partial charge in [0, 0.05) is 19.1 Å². The topological polar surface area (TPSA) is 58.6 Å². The van der Waals surface area contributed by atoms with Gasteiger partial charge < -0.3 is 9.84 Å². The van der Waals surface area contributed by atoms with Crippen LogP contribution in [-0.2, 0) is 9.53 Å². The molecule has 0 aromatic rings. The zero-order valence-corrected chi connectivity index (χ0v) is 11.3. The number of carbonyl (C=O) groups is 1. The maximum absolute atomic E-state index is 11.3. The Kier molecular flexibility index (Phi) is 4.95. The predicted molar refractivity (Wildman–Crippen MR) is 67.1 cm³/mol. The molecule has 1 saturated carbocycles. The van der Waals surface area contributed by atoms with E-state index in [1.807, 2.05) is 20.8 Å². The first-order chi connectivity index (χ1) is 7.83. The first-order valence-corrected chi connectivity index (χ1v) is 6.46. The van der Waals surface area contributed by atoms with Crippen molar-refractivity contribution in [1.29, 1.82) is 0 Å². The molecule has 100 valence electrons. The fourth-order valence-corrected chi connectivity index (χ4v) is 2.06. The van der Waals surface area contributed by atoms with Gasteiger partial charge in [-0.15, -0.1) is 0 Å². The van der Waals surface area contributed by atoms with Crippen LogP contribution in [0.4, 0.5) is 0 Å². The fraction of sp³-hybridized carbons (Fsp3) is 0.923. The number of carboxylic acid groups (broad SMARTS) is 1. The lowest BCUT2D eigenvalue weighted by molar-refractivity contribution is -0.146. The van der Waals surface area contributed by atoms with Crippen molar-refractivity contribution in [3.8, 4) is 0 Å². The van der Waals surface area contributed by atoms with E-state index in [1.54, 1.807) is 6.92 Å². The van der Waals surface area contributed by atoms with E-state index in [-0.39, 0.29) is 12.1 Å². The third-order valence-electron chi connectivity index (χ3n) is 3.09. The zero-order valence-electron chi connectivity index (χ0n) is 11.3. The van der Waals surface area contributed by atoms with Crippen LogP contribution in [-0.4, -0.2) is 35.4 Å². The molecule has 0 amide bonds. The molecule has 0 saturated heterocycles. The molecule has 2 atom stereocenters. The SMILES string of the molecule is CC(C)NC(C)(CC(C)OCC1CC1)C(=O)O. The molecule has 2 N–H and O–H groups in total. The van der Waals surface area contributed by atoms with Crippen LogP contribution in [0.2, 0.25) is 0 Å². The molecule has 0 heterocycles. The van der Waals surface area contributed by atoms with Crippen LogP contribution >= 0.6 is 0 Å². The minimum Gasteiger partial charge on any atom is -0.480 e. The van der Waals surface area contributed by atoms with Crippen molar-refractivity contribution in [3.63, 3.8) is 0 Å². The van der Waals surface area contributed by atoms with Gasteiger partial charge in [0.15, 0.2) is 0 Å². The first kappa shape index (κ1) is 14.5. The van der Waals surface area contributed by atoms with Crippen molar-refractivity contribution in [2.75, 3.05) is 6.61 Å². The Hall–Kier alpha value is -0.610. The average Bonchev–Trinajstić information content (AvgIpc) is 2.96. The molecule has 0 spiro atoms. The second kappa shape index (κ2) is 5.83. The molecule has 0 radical (unpaired) electrons. The second-order valence-corrected chi connectivity index (χ2v) is 5.73. The van der Waals surface area contributed by atoms with Crippen molar-refractivity contribution in [1.82, 2.24) is 5.32 Å². The summed E-state index contributed by atoms with van der Waals surface area (Å²) >= 11 is 0. The Balaban J connectivity index is 2.42. The second-order valence-electron chi connectivity index (χ2n) is 5.73.